The molecule has 0 aliphatic heterocycles. The topological polar surface area (TPSA) is 59.8 Å². The van der Waals surface area contributed by atoms with E-state index in [9.17, 15) is 13.6 Å². The molecule has 1 saturated carbocycles. The molecule has 4 rings (SSSR count). The van der Waals surface area contributed by atoms with Crippen LogP contribution in [0.2, 0.25) is 0 Å². The zero-order chi connectivity index (χ0) is 22.7. The first-order chi connectivity index (χ1) is 15.3. The molecular formula is C25H28F2N4O. The molecule has 1 unspecified atom stereocenters. The third kappa shape index (κ3) is 5.39. The second-order valence-corrected chi connectivity index (χ2v) is 8.70. The second-order valence-electron chi connectivity index (χ2n) is 8.70. The van der Waals surface area contributed by atoms with E-state index in [0.29, 0.717) is 31.4 Å². The van der Waals surface area contributed by atoms with Crippen molar-refractivity contribution in [3.05, 3.63) is 71.2 Å². The van der Waals surface area contributed by atoms with E-state index >= 15 is 0 Å². The van der Waals surface area contributed by atoms with Crippen LogP contribution >= 0.6 is 0 Å². The Kier molecular flexibility index (Phi) is 6.35. The number of nitrogens with zero attached hydrogens (tertiary/aromatic N) is 3. The van der Waals surface area contributed by atoms with E-state index in [1.807, 2.05) is 44.4 Å². The summed E-state index contributed by atoms with van der Waals surface area (Å²) in [5.74, 6) is -2.92. The van der Waals surface area contributed by atoms with Gasteiger partial charge in [-0.1, -0.05) is 24.3 Å². The summed E-state index contributed by atoms with van der Waals surface area (Å²) in [6.07, 6.45) is 5.28. The van der Waals surface area contributed by atoms with Gasteiger partial charge in [0.15, 0.2) is 0 Å². The van der Waals surface area contributed by atoms with Crippen molar-refractivity contribution in [2.75, 3.05) is 0 Å². The van der Waals surface area contributed by atoms with Crippen LogP contribution in [0.15, 0.2) is 48.8 Å². The molecule has 2 aromatic heterocycles. The van der Waals surface area contributed by atoms with Crippen LogP contribution in [0.1, 0.15) is 59.3 Å². The average molecular weight is 439 g/mol. The summed E-state index contributed by atoms with van der Waals surface area (Å²) in [4.78, 5) is 17.0. The molecule has 2 heterocycles. The number of aryl methyl sites for hydroxylation is 2. The Morgan fingerprint density at radius 3 is 2.69 bits per heavy atom. The Morgan fingerprint density at radius 2 is 1.97 bits per heavy atom. The molecule has 168 valence electrons. The molecule has 1 N–H and O–H groups in total. The van der Waals surface area contributed by atoms with Crippen molar-refractivity contribution in [2.24, 2.45) is 7.05 Å². The number of hydrogen-bond donors (Lipinski definition) is 1. The van der Waals surface area contributed by atoms with Gasteiger partial charge >= 0.3 is 0 Å². The summed E-state index contributed by atoms with van der Waals surface area (Å²) in [7, 11) is 1.89. The number of nitrogens with one attached hydrogen (secondary N) is 1. The fourth-order valence-corrected chi connectivity index (χ4v) is 4.13. The molecule has 1 aromatic carbocycles. The summed E-state index contributed by atoms with van der Waals surface area (Å²) in [6, 6.07) is 11.8. The Morgan fingerprint density at radius 1 is 1.19 bits per heavy atom. The average Bonchev–Trinajstić information content (AvgIpc) is 3.12. The fourth-order valence-electron chi connectivity index (χ4n) is 4.13. The minimum Gasteiger partial charge on any atom is -0.348 e. The molecule has 0 saturated heterocycles. The molecule has 0 spiro atoms. The highest BCUT2D eigenvalue weighted by atomic mass is 19.3. The molecule has 0 radical (unpaired) electrons. The standard InChI is InChI=1S/C25H28F2N4O/c1-17-16-28-23(24(32)29-21-4-3-11-25(26,27)12-9-21)15-20(17)14-18-5-7-19(8-6-18)22-10-13-31(2)30-22/h5-8,10,13,15-16,21H,3-4,9,11-12,14H2,1-2H3,(H,29,32). The largest absolute Gasteiger partial charge is 0.348 e. The lowest BCUT2D eigenvalue weighted by molar-refractivity contribution is -0.0143. The predicted molar refractivity (Wildman–Crippen MR) is 120 cm³/mol. The zero-order valence-electron chi connectivity index (χ0n) is 18.4. The van der Waals surface area contributed by atoms with E-state index in [2.05, 4.69) is 27.5 Å². The molecule has 7 heteroatoms. The van der Waals surface area contributed by atoms with Gasteiger partial charge in [-0.25, -0.2) is 8.78 Å². The predicted octanol–water partition coefficient (Wildman–Crippen LogP) is 5.08. The van der Waals surface area contributed by atoms with Crippen LogP contribution in [0.5, 0.6) is 0 Å². The number of pyridine rings is 1. The third-order valence-corrected chi connectivity index (χ3v) is 6.09. The van der Waals surface area contributed by atoms with Gasteiger partial charge < -0.3 is 5.32 Å². The van der Waals surface area contributed by atoms with Crippen molar-refractivity contribution < 1.29 is 13.6 Å². The third-order valence-electron chi connectivity index (χ3n) is 6.09. The number of carbonyl (C=O) groups is 1. The van der Waals surface area contributed by atoms with Gasteiger partial charge in [0.05, 0.1) is 5.69 Å². The first-order valence-electron chi connectivity index (χ1n) is 11.0. The van der Waals surface area contributed by atoms with Crippen LogP contribution in [0.3, 0.4) is 0 Å². The number of amides is 1. The van der Waals surface area contributed by atoms with Gasteiger partial charge in [0.2, 0.25) is 5.92 Å². The van der Waals surface area contributed by atoms with Gasteiger partial charge in [-0.15, -0.1) is 0 Å². The number of hydrogen-bond acceptors (Lipinski definition) is 3. The van der Waals surface area contributed by atoms with E-state index in [1.165, 1.54) is 0 Å². The van der Waals surface area contributed by atoms with Crippen LogP contribution < -0.4 is 5.32 Å². The molecule has 1 fully saturated rings. The van der Waals surface area contributed by atoms with E-state index in [1.54, 1.807) is 10.9 Å². The number of alkyl halides is 2. The maximum Gasteiger partial charge on any atom is 0.270 e. The fraction of sp³-hybridized carbons (Fsp3) is 0.400. The minimum absolute atomic E-state index is 0.106. The second kappa shape index (κ2) is 9.18. The van der Waals surface area contributed by atoms with Gasteiger partial charge in [0, 0.05) is 43.9 Å². The van der Waals surface area contributed by atoms with Crippen molar-refractivity contribution in [3.8, 4) is 11.3 Å². The molecule has 0 bridgehead atoms. The quantitative estimate of drug-likeness (QED) is 0.565. The van der Waals surface area contributed by atoms with Crippen LogP contribution in [0, 0.1) is 6.92 Å². The van der Waals surface area contributed by atoms with Gasteiger partial charge in [0.1, 0.15) is 5.69 Å². The molecule has 32 heavy (non-hydrogen) atoms. The molecule has 1 aliphatic carbocycles. The molecule has 1 amide bonds. The molecule has 1 aliphatic rings. The normalized spacial score (nSPS) is 18.2. The zero-order valence-corrected chi connectivity index (χ0v) is 18.4. The van der Waals surface area contributed by atoms with E-state index in [0.717, 1.165) is 27.9 Å². The molecule has 1 atom stereocenters. The Hall–Kier alpha value is -3.09. The number of carbonyl (C=O) groups excluding carboxylic acids is 1. The highest BCUT2D eigenvalue weighted by Crippen LogP contribution is 2.32. The lowest BCUT2D eigenvalue weighted by Crippen LogP contribution is -2.35. The monoisotopic (exact) mass is 438 g/mol. The van der Waals surface area contributed by atoms with Crippen molar-refractivity contribution in [1.29, 1.82) is 0 Å². The lowest BCUT2D eigenvalue weighted by Gasteiger charge is -2.17. The van der Waals surface area contributed by atoms with E-state index in [4.69, 9.17) is 0 Å². The summed E-state index contributed by atoms with van der Waals surface area (Å²) in [5, 5.41) is 7.33. The number of aromatic nitrogens is 3. The van der Waals surface area contributed by atoms with Crippen molar-refractivity contribution in [1.82, 2.24) is 20.1 Å². The van der Waals surface area contributed by atoms with E-state index in [-0.39, 0.29) is 24.8 Å². The van der Waals surface area contributed by atoms with E-state index < -0.39 is 5.92 Å². The lowest BCUT2D eigenvalue weighted by atomic mass is 9.99. The Labute approximate surface area is 186 Å². The number of benzene rings is 1. The Bertz CT molecular complexity index is 1090. The number of rotatable bonds is 5. The molecular weight excluding hydrogens is 410 g/mol. The maximum atomic E-state index is 13.6. The first kappa shape index (κ1) is 22.1. The summed E-state index contributed by atoms with van der Waals surface area (Å²) >= 11 is 0. The highest BCUT2D eigenvalue weighted by Gasteiger charge is 2.33. The Balaban J connectivity index is 1.43. The van der Waals surface area contributed by atoms with Crippen LogP contribution in [-0.4, -0.2) is 32.6 Å². The summed E-state index contributed by atoms with van der Waals surface area (Å²) in [5.41, 5.74) is 5.44. The maximum absolute atomic E-state index is 13.6. The molecule has 3 aromatic rings. The van der Waals surface area contributed by atoms with Gasteiger partial charge in [0.25, 0.3) is 5.91 Å². The molecule has 5 nitrogen and oxygen atoms in total. The van der Waals surface area contributed by atoms with Gasteiger partial charge in [-0.3, -0.25) is 14.5 Å². The smallest absolute Gasteiger partial charge is 0.270 e. The van der Waals surface area contributed by atoms with Crippen molar-refractivity contribution in [3.63, 3.8) is 0 Å². The SMILES string of the molecule is Cc1cnc(C(=O)NC2CCCC(F)(F)CC2)cc1Cc1ccc(-c2ccn(C)n2)cc1. The van der Waals surface area contributed by atoms with Gasteiger partial charge in [-0.05, 0) is 61.4 Å². The first-order valence-corrected chi connectivity index (χ1v) is 11.0. The highest BCUT2D eigenvalue weighted by molar-refractivity contribution is 5.92. The van der Waals surface area contributed by atoms with Crippen molar-refractivity contribution >= 4 is 5.91 Å². The van der Waals surface area contributed by atoms with Crippen LogP contribution in [0.4, 0.5) is 8.78 Å². The minimum atomic E-state index is -2.62. The van der Waals surface area contributed by atoms with Crippen LogP contribution in [0.25, 0.3) is 11.3 Å². The number of halogens is 2. The summed E-state index contributed by atoms with van der Waals surface area (Å²) < 4.78 is 29.0. The van der Waals surface area contributed by atoms with Crippen molar-refractivity contribution in [2.45, 2.75) is 57.4 Å². The summed E-state index contributed by atoms with van der Waals surface area (Å²) in [6.45, 7) is 1.97. The van der Waals surface area contributed by atoms with Gasteiger partial charge in [-0.2, -0.15) is 5.10 Å². The van der Waals surface area contributed by atoms with Crippen LogP contribution in [-0.2, 0) is 13.5 Å².